The number of fused-ring (bicyclic) bond motifs is 2. The molecule has 4 heterocycles. The van der Waals surface area contributed by atoms with E-state index in [1.54, 1.807) is 14.7 Å². The summed E-state index contributed by atoms with van der Waals surface area (Å²) in [5.41, 5.74) is -0.592. The van der Waals surface area contributed by atoms with E-state index in [1.807, 2.05) is 69.3 Å². The number of hydrogen-bond donors (Lipinski definition) is 1. The van der Waals surface area contributed by atoms with Crippen molar-refractivity contribution in [1.82, 2.24) is 9.80 Å². The average molecular weight is 580 g/mol. The summed E-state index contributed by atoms with van der Waals surface area (Å²) in [5, 5.41) is 10.5. The first-order chi connectivity index (χ1) is 20.3. The summed E-state index contributed by atoms with van der Waals surface area (Å²) < 4.78 is 12.3. The van der Waals surface area contributed by atoms with Crippen LogP contribution in [0.1, 0.15) is 53.4 Å². The molecule has 1 N–H and O–H groups in total. The molecule has 0 bridgehead atoms. The summed E-state index contributed by atoms with van der Waals surface area (Å²) >= 11 is 0. The van der Waals surface area contributed by atoms with Crippen molar-refractivity contribution in [2.45, 2.75) is 77.2 Å². The number of ether oxygens (including phenoxy) is 2. The Morgan fingerprint density at radius 2 is 1.79 bits per heavy atom. The number of likely N-dealkylation sites (tertiary alicyclic amines) is 1. The van der Waals surface area contributed by atoms with Gasteiger partial charge in [-0.3, -0.25) is 14.4 Å². The molecule has 0 saturated carbocycles. The molecule has 9 heteroatoms. The molecule has 228 valence electrons. The van der Waals surface area contributed by atoms with E-state index in [-0.39, 0.29) is 30.2 Å². The van der Waals surface area contributed by atoms with Crippen LogP contribution in [0.4, 0.5) is 5.69 Å². The van der Waals surface area contributed by atoms with Gasteiger partial charge in [0.05, 0.1) is 37.2 Å². The second-order valence-corrected chi connectivity index (χ2v) is 12.3. The van der Waals surface area contributed by atoms with Crippen molar-refractivity contribution in [2.75, 3.05) is 37.7 Å². The van der Waals surface area contributed by atoms with Crippen LogP contribution in [0.25, 0.3) is 0 Å². The number of rotatable bonds is 11. The van der Waals surface area contributed by atoms with Crippen LogP contribution in [-0.4, -0.2) is 89.3 Å². The maximum absolute atomic E-state index is 14.5. The lowest BCUT2D eigenvalue weighted by Crippen LogP contribution is -2.58. The highest BCUT2D eigenvalue weighted by Gasteiger charge is 2.72. The first-order valence-electron chi connectivity index (χ1n) is 15.6. The number of aliphatic hydroxyl groups is 1. The van der Waals surface area contributed by atoms with E-state index >= 15 is 0 Å². The molecular weight excluding hydrogens is 534 g/mol. The van der Waals surface area contributed by atoms with Gasteiger partial charge in [0.25, 0.3) is 0 Å². The minimum atomic E-state index is -1.30. The number of aliphatic hydroxyl groups excluding tert-OH is 1. The van der Waals surface area contributed by atoms with Gasteiger partial charge in [-0.05, 0) is 49.9 Å². The number of hydrogen-bond acceptors (Lipinski definition) is 6. The van der Waals surface area contributed by atoms with Crippen molar-refractivity contribution in [1.29, 1.82) is 0 Å². The first kappa shape index (κ1) is 30.3. The van der Waals surface area contributed by atoms with Crippen molar-refractivity contribution in [3.05, 3.63) is 48.6 Å². The minimum Gasteiger partial charge on any atom is -0.494 e. The monoisotopic (exact) mass is 579 g/mol. The normalized spacial score (nSPS) is 29.5. The third-order valence-corrected chi connectivity index (χ3v) is 9.02. The van der Waals surface area contributed by atoms with Gasteiger partial charge in [-0.25, -0.2) is 0 Å². The SMILES string of the molecule is CCCCCN1CC=C[C@]23O[C@@H]4C=CCN(c5ccc(OCC)cc5)C(=O)[C@@H]4[C@H]2C(=O)N([C@@H](CO)CC(C)C)C3C1=O. The summed E-state index contributed by atoms with van der Waals surface area (Å²) in [5.74, 6) is -1.46. The van der Waals surface area contributed by atoms with Crippen LogP contribution >= 0.6 is 0 Å². The molecule has 3 amide bonds. The smallest absolute Gasteiger partial charge is 0.249 e. The Bertz CT molecular complexity index is 1210. The fourth-order valence-corrected chi connectivity index (χ4v) is 7.21. The second-order valence-electron chi connectivity index (χ2n) is 12.3. The van der Waals surface area contributed by atoms with Gasteiger partial charge in [0.15, 0.2) is 0 Å². The quantitative estimate of drug-likeness (QED) is 0.318. The van der Waals surface area contributed by atoms with E-state index < -0.39 is 35.6 Å². The first-order valence-corrected chi connectivity index (χ1v) is 15.6. The molecule has 1 spiro atoms. The lowest BCUT2D eigenvalue weighted by Gasteiger charge is -2.39. The predicted molar refractivity (Wildman–Crippen MR) is 160 cm³/mol. The third-order valence-electron chi connectivity index (χ3n) is 9.02. The Kier molecular flexibility index (Phi) is 9.08. The highest BCUT2D eigenvalue weighted by molar-refractivity contribution is 6.04. The van der Waals surface area contributed by atoms with Crippen LogP contribution in [0.5, 0.6) is 5.75 Å². The van der Waals surface area contributed by atoms with Gasteiger partial charge in [-0.1, -0.05) is 57.9 Å². The topological polar surface area (TPSA) is 99.6 Å². The molecule has 4 aliphatic heterocycles. The van der Waals surface area contributed by atoms with Crippen molar-refractivity contribution < 1.29 is 29.0 Å². The molecule has 9 nitrogen and oxygen atoms in total. The van der Waals surface area contributed by atoms with E-state index in [1.165, 1.54) is 0 Å². The van der Waals surface area contributed by atoms with E-state index in [0.29, 0.717) is 38.3 Å². The van der Waals surface area contributed by atoms with Crippen LogP contribution < -0.4 is 9.64 Å². The summed E-state index contributed by atoms with van der Waals surface area (Å²) in [4.78, 5) is 48.3. The number of unbranched alkanes of at least 4 members (excludes halogenated alkanes) is 2. The maximum Gasteiger partial charge on any atom is 0.249 e. The van der Waals surface area contributed by atoms with Crippen LogP contribution in [0.15, 0.2) is 48.6 Å². The van der Waals surface area contributed by atoms with Crippen LogP contribution in [-0.2, 0) is 19.1 Å². The van der Waals surface area contributed by atoms with Gasteiger partial charge < -0.3 is 29.3 Å². The summed E-state index contributed by atoms with van der Waals surface area (Å²) in [6.45, 7) is 9.74. The predicted octanol–water partition coefficient (Wildman–Crippen LogP) is 3.56. The number of carbonyl (C=O) groups is 3. The molecule has 2 fully saturated rings. The van der Waals surface area contributed by atoms with E-state index in [4.69, 9.17) is 9.47 Å². The van der Waals surface area contributed by atoms with E-state index in [0.717, 1.165) is 25.0 Å². The Hall–Kier alpha value is -3.17. The molecule has 0 aromatic heterocycles. The number of anilines is 1. The summed E-state index contributed by atoms with van der Waals surface area (Å²) in [6, 6.07) is 5.86. The molecule has 0 aliphatic carbocycles. The van der Waals surface area contributed by atoms with Crippen molar-refractivity contribution in [2.24, 2.45) is 17.8 Å². The van der Waals surface area contributed by atoms with Gasteiger partial charge in [0, 0.05) is 25.3 Å². The van der Waals surface area contributed by atoms with Gasteiger partial charge in [-0.2, -0.15) is 0 Å². The van der Waals surface area contributed by atoms with Crippen molar-refractivity contribution in [3.63, 3.8) is 0 Å². The standard InChI is InChI=1S/C33H45N3O6/c1-5-7-8-17-34-18-10-16-33-28(31(39)36(29(33)32(34)40)24(21-37)20-22(3)4)27-26(42-33)11-9-19-35(30(27)38)23-12-14-25(15-13-23)41-6-2/h9-16,22,24,26-29,37H,5-8,17-21H2,1-4H3/t24-,26-,27+,28+,29?,33+/m1/s1. The highest BCUT2D eigenvalue weighted by atomic mass is 16.5. The summed E-state index contributed by atoms with van der Waals surface area (Å²) in [7, 11) is 0. The van der Waals surface area contributed by atoms with Crippen LogP contribution in [0.3, 0.4) is 0 Å². The number of amides is 3. The van der Waals surface area contributed by atoms with Crippen LogP contribution in [0, 0.1) is 17.8 Å². The zero-order chi connectivity index (χ0) is 30.0. The molecule has 1 unspecified atom stereocenters. The van der Waals surface area contributed by atoms with E-state index in [9.17, 15) is 19.5 Å². The van der Waals surface area contributed by atoms with E-state index in [2.05, 4.69) is 6.92 Å². The van der Waals surface area contributed by atoms with Gasteiger partial charge in [-0.15, -0.1) is 0 Å². The second kappa shape index (κ2) is 12.6. The van der Waals surface area contributed by atoms with Gasteiger partial charge in [0.1, 0.15) is 17.4 Å². The van der Waals surface area contributed by atoms with Crippen LogP contribution in [0.2, 0.25) is 0 Å². The van der Waals surface area contributed by atoms with Gasteiger partial charge >= 0.3 is 0 Å². The fourth-order valence-electron chi connectivity index (χ4n) is 7.21. The lowest BCUT2D eigenvalue weighted by atomic mass is 9.77. The minimum absolute atomic E-state index is 0.176. The number of carbonyl (C=O) groups excluding carboxylic acids is 3. The molecule has 42 heavy (non-hydrogen) atoms. The maximum atomic E-state index is 14.5. The third kappa shape index (κ3) is 5.26. The Balaban J connectivity index is 1.55. The molecule has 6 atom stereocenters. The molecular formula is C33H45N3O6. The van der Waals surface area contributed by atoms with Gasteiger partial charge in [0.2, 0.25) is 17.7 Å². The molecule has 1 aromatic rings. The molecule has 4 aliphatic rings. The largest absolute Gasteiger partial charge is 0.494 e. The molecule has 5 rings (SSSR count). The van der Waals surface area contributed by atoms with Crippen molar-refractivity contribution >= 4 is 23.4 Å². The number of nitrogens with zero attached hydrogens (tertiary/aromatic N) is 3. The Labute approximate surface area is 249 Å². The lowest BCUT2D eigenvalue weighted by molar-refractivity contribution is -0.150. The number of benzene rings is 1. The highest BCUT2D eigenvalue weighted by Crippen LogP contribution is 2.54. The zero-order valence-electron chi connectivity index (χ0n) is 25.3. The average Bonchev–Trinajstić information content (AvgIpc) is 3.29. The summed E-state index contributed by atoms with van der Waals surface area (Å²) in [6.07, 6.45) is 10.4. The Morgan fingerprint density at radius 1 is 1.02 bits per heavy atom. The zero-order valence-corrected chi connectivity index (χ0v) is 25.3. The molecule has 0 radical (unpaired) electrons. The molecule has 1 aromatic carbocycles. The molecule has 2 saturated heterocycles. The van der Waals surface area contributed by atoms with Crippen molar-refractivity contribution in [3.8, 4) is 5.75 Å². The fraction of sp³-hybridized carbons (Fsp3) is 0.606. The Morgan fingerprint density at radius 3 is 2.45 bits per heavy atom.